The molecule has 0 fully saturated rings. The molecular formula is C14H16BrFN2S. The minimum absolute atomic E-state index is 0.153. The Bertz CT molecular complexity index is 583. The summed E-state index contributed by atoms with van der Waals surface area (Å²) in [5.41, 5.74) is 1.99. The van der Waals surface area contributed by atoms with Crippen molar-refractivity contribution in [2.45, 2.75) is 33.4 Å². The van der Waals surface area contributed by atoms with Crippen LogP contribution in [0, 0.1) is 19.7 Å². The maximum absolute atomic E-state index is 13.2. The number of thiazole rings is 1. The van der Waals surface area contributed by atoms with Gasteiger partial charge in [0.1, 0.15) is 5.82 Å². The average molecular weight is 343 g/mol. The fraction of sp³-hybridized carbons (Fsp3) is 0.357. The number of halogens is 2. The van der Waals surface area contributed by atoms with Gasteiger partial charge in [-0.1, -0.05) is 15.9 Å². The van der Waals surface area contributed by atoms with Crippen LogP contribution < -0.4 is 5.32 Å². The molecule has 0 spiro atoms. The van der Waals surface area contributed by atoms with E-state index in [1.165, 1.54) is 10.9 Å². The lowest BCUT2D eigenvalue weighted by Crippen LogP contribution is -2.19. The van der Waals surface area contributed by atoms with E-state index in [9.17, 15) is 4.39 Å². The number of aryl methyl sites for hydroxylation is 2. The first-order valence-electron chi connectivity index (χ1n) is 6.08. The van der Waals surface area contributed by atoms with Crippen LogP contribution >= 0.6 is 27.3 Å². The van der Waals surface area contributed by atoms with Crippen molar-refractivity contribution in [3.05, 3.63) is 49.6 Å². The molecule has 0 amide bonds. The second kappa shape index (κ2) is 6.11. The van der Waals surface area contributed by atoms with Gasteiger partial charge in [-0.25, -0.2) is 9.37 Å². The number of nitrogens with zero attached hydrogens (tertiary/aromatic N) is 1. The molecule has 102 valence electrons. The minimum Gasteiger partial charge on any atom is -0.305 e. The van der Waals surface area contributed by atoms with Gasteiger partial charge in [0.05, 0.1) is 10.7 Å². The summed E-state index contributed by atoms with van der Waals surface area (Å²) in [7, 11) is 0. The Labute approximate surface area is 125 Å². The summed E-state index contributed by atoms with van der Waals surface area (Å²) in [5, 5.41) is 4.46. The van der Waals surface area contributed by atoms with Gasteiger partial charge in [0.2, 0.25) is 0 Å². The van der Waals surface area contributed by atoms with Crippen molar-refractivity contribution >= 4 is 27.3 Å². The highest BCUT2D eigenvalue weighted by Crippen LogP contribution is 2.24. The van der Waals surface area contributed by atoms with E-state index >= 15 is 0 Å². The Morgan fingerprint density at radius 3 is 2.79 bits per heavy atom. The van der Waals surface area contributed by atoms with Gasteiger partial charge < -0.3 is 5.32 Å². The van der Waals surface area contributed by atoms with E-state index in [1.807, 2.05) is 6.92 Å². The van der Waals surface area contributed by atoms with Crippen LogP contribution in [0.4, 0.5) is 4.39 Å². The molecule has 0 radical (unpaired) electrons. The number of hydrogen-bond acceptors (Lipinski definition) is 3. The predicted molar refractivity (Wildman–Crippen MR) is 80.9 cm³/mol. The first kappa shape index (κ1) is 14.6. The molecule has 2 nitrogen and oxygen atoms in total. The third-order valence-electron chi connectivity index (χ3n) is 2.96. The summed E-state index contributed by atoms with van der Waals surface area (Å²) in [4.78, 5) is 5.76. The molecule has 5 heteroatoms. The van der Waals surface area contributed by atoms with E-state index in [0.29, 0.717) is 6.54 Å². The lowest BCUT2D eigenvalue weighted by molar-refractivity contribution is 0.556. The first-order valence-corrected chi connectivity index (χ1v) is 7.69. The van der Waals surface area contributed by atoms with Crippen LogP contribution in [0.15, 0.2) is 22.7 Å². The molecule has 1 unspecified atom stereocenters. The quantitative estimate of drug-likeness (QED) is 0.883. The summed E-state index contributed by atoms with van der Waals surface area (Å²) in [6.07, 6.45) is 0. The van der Waals surface area contributed by atoms with Crippen molar-refractivity contribution in [1.82, 2.24) is 10.3 Å². The molecule has 1 aromatic heterocycles. The zero-order chi connectivity index (χ0) is 14.0. The molecule has 0 aliphatic carbocycles. The molecule has 1 atom stereocenters. The predicted octanol–water partition coefficient (Wildman–Crippen LogP) is 4.51. The molecule has 2 rings (SSSR count). The van der Waals surface area contributed by atoms with E-state index in [2.05, 4.69) is 40.1 Å². The molecule has 0 saturated carbocycles. The maximum atomic E-state index is 13.2. The van der Waals surface area contributed by atoms with Crippen LogP contribution in [0.3, 0.4) is 0 Å². The smallest absolute Gasteiger partial charge is 0.123 e. The Morgan fingerprint density at radius 1 is 1.42 bits per heavy atom. The highest BCUT2D eigenvalue weighted by Gasteiger charge is 2.13. The van der Waals surface area contributed by atoms with Crippen LogP contribution in [0.1, 0.15) is 34.1 Å². The summed E-state index contributed by atoms with van der Waals surface area (Å²) in [5.74, 6) is -0.215. The molecule has 0 aliphatic heterocycles. The van der Waals surface area contributed by atoms with Crippen molar-refractivity contribution in [1.29, 1.82) is 0 Å². The van der Waals surface area contributed by atoms with Gasteiger partial charge >= 0.3 is 0 Å². The molecule has 1 heterocycles. The van der Waals surface area contributed by atoms with Gasteiger partial charge in [-0.15, -0.1) is 11.3 Å². The Kier molecular flexibility index (Phi) is 4.71. The van der Waals surface area contributed by atoms with Crippen LogP contribution in [0.25, 0.3) is 0 Å². The van der Waals surface area contributed by atoms with Crippen LogP contribution in [-0.4, -0.2) is 4.98 Å². The summed E-state index contributed by atoms with van der Waals surface area (Å²) >= 11 is 5.14. The van der Waals surface area contributed by atoms with Crippen LogP contribution in [-0.2, 0) is 6.54 Å². The van der Waals surface area contributed by atoms with Gasteiger partial charge in [-0.05, 0) is 44.5 Å². The fourth-order valence-electron chi connectivity index (χ4n) is 1.99. The lowest BCUT2D eigenvalue weighted by Gasteiger charge is -2.13. The van der Waals surface area contributed by atoms with Gasteiger partial charge in [0.25, 0.3) is 0 Å². The highest BCUT2D eigenvalue weighted by atomic mass is 79.9. The SMILES string of the molecule is Cc1nc(C(C)NCc2cc(F)ccc2Br)c(C)s1. The number of benzene rings is 1. The molecule has 19 heavy (non-hydrogen) atoms. The molecule has 1 aromatic carbocycles. The summed E-state index contributed by atoms with van der Waals surface area (Å²) in [6.45, 7) is 6.78. The van der Waals surface area contributed by atoms with Crippen molar-refractivity contribution in [2.75, 3.05) is 0 Å². The zero-order valence-electron chi connectivity index (χ0n) is 11.1. The number of rotatable bonds is 4. The van der Waals surface area contributed by atoms with E-state index in [-0.39, 0.29) is 11.9 Å². The third kappa shape index (κ3) is 3.61. The van der Waals surface area contributed by atoms with E-state index < -0.39 is 0 Å². The second-order valence-electron chi connectivity index (χ2n) is 4.51. The van der Waals surface area contributed by atoms with Crippen molar-refractivity contribution < 1.29 is 4.39 Å². The average Bonchev–Trinajstić information content (AvgIpc) is 2.69. The third-order valence-corrected chi connectivity index (χ3v) is 4.63. The van der Waals surface area contributed by atoms with Gasteiger partial charge in [-0.3, -0.25) is 0 Å². The fourth-order valence-corrected chi connectivity index (χ4v) is 3.29. The molecule has 2 aromatic rings. The van der Waals surface area contributed by atoms with Gasteiger partial charge in [0.15, 0.2) is 0 Å². The normalized spacial score (nSPS) is 12.7. The van der Waals surface area contributed by atoms with Crippen molar-refractivity contribution in [2.24, 2.45) is 0 Å². The van der Waals surface area contributed by atoms with E-state index in [4.69, 9.17) is 0 Å². The number of aromatic nitrogens is 1. The lowest BCUT2D eigenvalue weighted by atomic mass is 10.1. The molecule has 0 aliphatic rings. The molecule has 0 bridgehead atoms. The monoisotopic (exact) mass is 342 g/mol. The number of nitrogens with one attached hydrogen (secondary N) is 1. The number of hydrogen-bond donors (Lipinski definition) is 1. The van der Waals surface area contributed by atoms with Crippen molar-refractivity contribution in [3.63, 3.8) is 0 Å². The first-order chi connectivity index (χ1) is 8.97. The van der Waals surface area contributed by atoms with E-state index in [1.54, 1.807) is 23.5 Å². The molecule has 1 N–H and O–H groups in total. The van der Waals surface area contributed by atoms with Gasteiger partial charge in [-0.2, -0.15) is 0 Å². The van der Waals surface area contributed by atoms with E-state index in [0.717, 1.165) is 20.7 Å². The summed E-state index contributed by atoms with van der Waals surface area (Å²) < 4.78 is 14.1. The zero-order valence-corrected chi connectivity index (χ0v) is 13.5. The van der Waals surface area contributed by atoms with Gasteiger partial charge in [0, 0.05) is 21.9 Å². The Balaban J connectivity index is 2.06. The van der Waals surface area contributed by atoms with Crippen LogP contribution in [0.5, 0.6) is 0 Å². The maximum Gasteiger partial charge on any atom is 0.123 e. The molecule has 0 saturated heterocycles. The Hall–Kier alpha value is -0.780. The topological polar surface area (TPSA) is 24.9 Å². The van der Waals surface area contributed by atoms with Crippen molar-refractivity contribution in [3.8, 4) is 0 Å². The highest BCUT2D eigenvalue weighted by molar-refractivity contribution is 9.10. The molecular weight excluding hydrogens is 327 g/mol. The minimum atomic E-state index is -0.215. The summed E-state index contributed by atoms with van der Waals surface area (Å²) in [6, 6.07) is 4.88. The van der Waals surface area contributed by atoms with Crippen LogP contribution in [0.2, 0.25) is 0 Å². The second-order valence-corrected chi connectivity index (χ2v) is 6.77. The standard InChI is InChI=1S/C14H16BrFN2S/c1-8(14-9(2)19-10(3)18-14)17-7-11-6-12(16)4-5-13(11)15/h4-6,8,17H,7H2,1-3H3. The largest absolute Gasteiger partial charge is 0.305 e. The Morgan fingerprint density at radius 2 is 2.16 bits per heavy atom.